The van der Waals surface area contributed by atoms with E-state index in [2.05, 4.69) is 5.32 Å². The van der Waals surface area contributed by atoms with E-state index in [0.29, 0.717) is 24.9 Å². The summed E-state index contributed by atoms with van der Waals surface area (Å²) in [6.45, 7) is 2.70. The summed E-state index contributed by atoms with van der Waals surface area (Å²) in [5.74, 6) is -0.974. The summed E-state index contributed by atoms with van der Waals surface area (Å²) in [6.07, 6.45) is -3.22. The predicted octanol–water partition coefficient (Wildman–Crippen LogP) is 4.50. The molecule has 0 saturated carbocycles. The van der Waals surface area contributed by atoms with Gasteiger partial charge in [0.1, 0.15) is 0 Å². The number of nitrogens with one attached hydrogen (secondary N) is 1. The van der Waals surface area contributed by atoms with Crippen molar-refractivity contribution in [2.24, 2.45) is 5.92 Å². The first-order chi connectivity index (χ1) is 13.2. The number of nitrogens with zero attached hydrogens (tertiary/aromatic N) is 1. The fraction of sp³-hybridized carbons (Fsp3) is 0.333. The molecule has 0 spiro atoms. The molecule has 0 aliphatic carbocycles. The molecule has 1 fully saturated rings. The Morgan fingerprint density at radius 2 is 1.86 bits per heavy atom. The number of benzene rings is 2. The number of carbonyl (C=O) groups excluding carboxylic acids is 2. The summed E-state index contributed by atoms with van der Waals surface area (Å²) >= 11 is 0. The topological polar surface area (TPSA) is 49.4 Å². The van der Waals surface area contributed by atoms with Crippen LogP contribution in [0.1, 0.15) is 34.3 Å². The highest BCUT2D eigenvalue weighted by Gasteiger charge is 2.32. The van der Waals surface area contributed by atoms with Crippen molar-refractivity contribution < 1.29 is 22.8 Å². The van der Waals surface area contributed by atoms with Crippen LogP contribution in [0.4, 0.5) is 18.9 Å². The van der Waals surface area contributed by atoms with E-state index in [1.54, 1.807) is 17.0 Å². The summed E-state index contributed by atoms with van der Waals surface area (Å²) in [6, 6.07) is 11.8. The Morgan fingerprint density at radius 1 is 1.11 bits per heavy atom. The highest BCUT2D eigenvalue weighted by atomic mass is 19.4. The molecule has 2 aromatic carbocycles. The van der Waals surface area contributed by atoms with Gasteiger partial charge in [0.15, 0.2) is 0 Å². The molecular formula is C21H21F3N2O2. The highest BCUT2D eigenvalue weighted by molar-refractivity contribution is 5.96. The van der Waals surface area contributed by atoms with E-state index in [-0.39, 0.29) is 24.0 Å². The number of piperidine rings is 1. The molecule has 2 aromatic rings. The van der Waals surface area contributed by atoms with E-state index in [1.165, 1.54) is 12.1 Å². The van der Waals surface area contributed by atoms with Gasteiger partial charge < -0.3 is 10.2 Å². The largest absolute Gasteiger partial charge is 0.416 e. The standard InChI is InChI=1S/C21H21F3N2O2/c1-14-5-2-6-15(11-14)20(28)26-10-4-7-16(13-26)19(27)25-18-9-3-8-17(12-18)21(22,23)24/h2-3,5-6,8-9,11-12,16H,4,7,10,13H2,1H3,(H,25,27)/t16-/m0/s1. The molecule has 0 radical (unpaired) electrons. The first-order valence-corrected chi connectivity index (χ1v) is 9.08. The summed E-state index contributed by atoms with van der Waals surface area (Å²) < 4.78 is 38.5. The molecule has 1 aliphatic rings. The zero-order valence-corrected chi connectivity index (χ0v) is 15.4. The number of anilines is 1. The molecule has 28 heavy (non-hydrogen) atoms. The number of rotatable bonds is 3. The molecule has 148 valence electrons. The van der Waals surface area contributed by atoms with E-state index in [9.17, 15) is 22.8 Å². The van der Waals surface area contributed by atoms with Gasteiger partial charge in [-0.1, -0.05) is 23.8 Å². The fourth-order valence-electron chi connectivity index (χ4n) is 3.35. The lowest BCUT2D eigenvalue weighted by atomic mass is 9.96. The van der Waals surface area contributed by atoms with Gasteiger partial charge in [-0.05, 0) is 50.1 Å². The van der Waals surface area contributed by atoms with Crippen molar-refractivity contribution in [3.8, 4) is 0 Å². The average molecular weight is 390 g/mol. The Bertz CT molecular complexity index is 880. The van der Waals surface area contributed by atoms with Gasteiger partial charge in [-0.15, -0.1) is 0 Å². The zero-order valence-electron chi connectivity index (χ0n) is 15.4. The number of carbonyl (C=O) groups is 2. The van der Waals surface area contributed by atoms with Crippen molar-refractivity contribution >= 4 is 17.5 Å². The van der Waals surface area contributed by atoms with Gasteiger partial charge in [-0.3, -0.25) is 9.59 Å². The molecule has 1 atom stereocenters. The minimum atomic E-state index is -4.47. The SMILES string of the molecule is Cc1cccc(C(=O)N2CCC[C@H](C(=O)Nc3cccc(C(F)(F)F)c3)C2)c1. The lowest BCUT2D eigenvalue weighted by Gasteiger charge is -2.32. The van der Waals surface area contributed by atoms with Gasteiger partial charge >= 0.3 is 6.18 Å². The van der Waals surface area contributed by atoms with E-state index in [4.69, 9.17) is 0 Å². The Hall–Kier alpha value is -2.83. The predicted molar refractivity (Wildman–Crippen MR) is 99.9 cm³/mol. The van der Waals surface area contributed by atoms with Gasteiger partial charge in [0, 0.05) is 24.3 Å². The molecule has 1 saturated heterocycles. The van der Waals surface area contributed by atoms with Crippen LogP contribution in [0.15, 0.2) is 48.5 Å². The van der Waals surface area contributed by atoms with Gasteiger partial charge in [-0.25, -0.2) is 0 Å². The van der Waals surface area contributed by atoms with E-state index >= 15 is 0 Å². The highest BCUT2D eigenvalue weighted by Crippen LogP contribution is 2.31. The van der Waals surface area contributed by atoms with Crippen LogP contribution in [0, 0.1) is 12.8 Å². The van der Waals surface area contributed by atoms with Gasteiger partial charge in [0.05, 0.1) is 11.5 Å². The Balaban J connectivity index is 1.67. The normalized spacial score (nSPS) is 17.3. The van der Waals surface area contributed by atoms with Crippen molar-refractivity contribution in [3.05, 3.63) is 65.2 Å². The first-order valence-electron chi connectivity index (χ1n) is 9.08. The molecule has 1 heterocycles. The molecule has 0 bridgehead atoms. The Morgan fingerprint density at radius 3 is 2.57 bits per heavy atom. The van der Waals surface area contributed by atoms with Gasteiger partial charge in [0.25, 0.3) is 5.91 Å². The number of amides is 2. The first kappa shape index (κ1) is 19.9. The second kappa shape index (κ2) is 8.04. The molecular weight excluding hydrogens is 369 g/mol. The number of alkyl halides is 3. The van der Waals surface area contributed by atoms with E-state index < -0.39 is 17.7 Å². The average Bonchev–Trinajstić information content (AvgIpc) is 2.67. The smallest absolute Gasteiger partial charge is 0.338 e. The molecule has 1 aliphatic heterocycles. The van der Waals surface area contributed by atoms with Gasteiger partial charge in [-0.2, -0.15) is 13.2 Å². The van der Waals surface area contributed by atoms with Crippen LogP contribution < -0.4 is 5.32 Å². The summed E-state index contributed by atoms with van der Waals surface area (Å²) in [5, 5.41) is 2.56. The summed E-state index contributed by atoms with van der Waals surface area (Å²) in [4.78, 5) is 26.9. The van der Waals surface area contributed by atoms with Crippen LogP contribution in [-0.4, -0.2) is 29.8 Å². The number of aryl methyl sites for hydroxylation is 1. The lowest BCUT2D eigenvalue weighted by molar-refractivity contribution is -0.137. The van der Waals surface area contributed by atoms with Crippen LogP contribution in [0.2, 0.25) is 0 Å². The second-order valence-corrected chi connectivity index (χ2v) is 7.03. The monoisotopic (exact) mass is 390 g/mol. The Kier molecular flexibility index (Phi) is 5.72. The maximum Gasteiger partial charge on any atom is 0.416 e. The van der Waals surface area contributed by atoms with Crippen molar-refractivity contribution in [1.29, 1.82) is 0 Å². The molecule has 3 rings (SSSR count). The maximum atomic E-state index is 12.8. The minimum Gasteiger partial charge on any atom is -0.338 e. The summed E-state index contributed by atoms with van der Waals surface area (Å²) in [7, 11) is 0. The Labute approximate surface area is 161 Å². The van der Waals surface area contributed by atoms with Gasteiger partial charge in [0.2, 0.25) is 5.91 Å². The number of hydrogen-bond acceptors (Lipinski definition) is 2. The molecule has 7 heteroatoms. The second-order valence-electron chi connectivity index (χ2n) is 7.03. The van der Waals surface area contributed by atoms with E-state index in [0.717, 1.165) is 17.7 Å². The quantitative estimate of drug-likeness (QED) is 0.839. The minimum absolute atomic E-state index is 0.0990. The van der Waals surface area contributed by atoms with Crippen molar-refractivity contribution in [3.63, 3.8) is 0 Å². The lowest BCUT2D eigenvalue weighted by Crippen LogP contribution is -2.43. The molecule has 0 aromatic heterocycles. The third-order valence-corrected chi connectivity index (χ3v) is 4.80. The molecule has 0 unspecified atom stereocenters. The number of halogens is 3. The third-order valence-electron chi connectivity index (χ3n) is 4.80. The maximum absolute atomic E-state index is 12.8. The van der Waals surface area contributed by atoms with E-state index in [1.807, 2.05) is 19.1 Å². The molecule has 2 amide bonds. The molecule has 4 nitrogen and oxygen atoms in total. The van der Waals surface area contributed by atoms with Crippen molar-refractivity contribution in [1.82, 2.24) is 4.90 Å². The van der Waals surface area contributed by atoms with Crippen molar-refractivity contribution in [2.45, 2.75) is 25.9 Å². The summed E-state index contributed by atoms with van der Waals surface area (Å²) in [5.41, 5.74) is 0.827. The van der Waals surface area contributed by atoms with Crippen molar-refractivity contribution in [2.75, 3.05) is 18.4 Å². The van der Waals surface area contributed by atoms with Crippen LogP contribution in [-0.2, 0) is 11.0 Å². The zero-order chi connectivity index (χ0) is 20.3. The van der Waals surface area contributed by atoms with Crippen LogP contribution in [0.25, 0.3) is 0 Å². The molecule has 1 N–H and O–H groups in total. The van der Waals surface area contributed by atoms with Crippen LogP contribution in [0.5, 0.6) is 0 Å². The number of hydrogen-bond donors (Lipinski definition) is 1. The fourth-order valence-corrected chi connectivity index (χ4v) is 3.35. The number of likely N-dealkylation sites (tertiary alicyclic amines) is 1. The third kappa shape index (κ3) is 4.71. The van der Waals surface area contributed by atoms with Crippen LogP contribution >= 0.6 is 0 Å². The van der Waals surface area contributed by atoms with Crippen LogP contribution in [0.3, 0.4) is 0 Å².